The lowest BCUT2D eigenvalue weighted by molar-refractivity contribution is 0.145. The highest BCUT2D eigenvalue weighted by molar-refractivity contribution is 9.08. The number of hydrogen-bond donors (Lipinski definition) is 0. The molecule has 0 amide bonds. The molecule has 0 N–H and O–H groups in total. The average Bonchev–Trinajstić information content (AvgIpc) is 2.15. The summed E-state index contributed by atoms with van der Waals surface area (Å²) in [6.45, 7) is 0. The van der Waals surface area contributed by atoms with Crippen molar-refractivity contribution in [1.29, 1.82) is 0 Å². The Balaban J connectivity index is 3.36. The third-order valence-corrected chi connectivity index (χ3v) is 3.34. The second kappa shape index (κ2) is 4.71. The van der Waals surface area contributed by atoms with Crippen molar-refractivity contribution in [3.63, 3.8) is 0 Å². The van der Waals surface area contributed by atoms with Crippen LogP contribution in [-0.4, -0.2) is 13.4 Å². The fourth-order valence-electron chi connectivity index (χ4n) is 0.896. The Morgan fingerprint density at radius 2 is 2.07 bits per heavy atom. The molecular formula is C7H5BrClF2NO2S. The van der Waals surface area contributed by atoms with E-state index < -0.39 is 26.2 Å². The van der Waals surface area contributed by atoms with Crippen LogP contribution in [0.5, 0.6) is 0 Å². The molecule has 0 radical (unpaired) electrons. The van der Waals surface area contributed by atoms with E-state index in [4.69, 9.17) is 10.7 Å². The van der Waals surface area contributed by atoms with Crippen LogP contribution >= 0.6 is 26.6 Å². The van der Waals surface area contributed by atoms with Crippen LogP contribution in [0, 0.1) is 0 Å². The fraction of sp³-hybridized carbons (Fsp3) is 0.286. The number of nitrogens with zero attached hydrogens (tertiary/aromatic N) is 1. The van der Waals surface area contributed by atoms with E-state index in [-0.39, 0.29) is 5.33 Å². The van der Waals surface area contributed by atoms with Crippen molar-refractivity contribution in [3.05, 3.63) is 23.4 Å². The fourth-order valence-corrected chi connectivity index (χ4v) is 1.96. The van der Waals surface area contributed by atoms with Crippen LogP contribution in [0.1, 0.15) is 17.7 Å². The van der Waals surface area contributed by atoms with Gasteiger partial charge < -0.3 is 0 Å². The first kappa shape index (κ1) is 12.8. The summed E-state index contributed by atoms with van der Waals surface area (Å²) in [5.41, 5.74) is -0.231. The van der Waals surface area contributed by atoms with Gasteiger partial charge in [0, 0.05) is 16.0 Å². The van der Waals surface area contributed by atoms with Gasteiger partial charge in [0.05, 0.1) is 0 Å². The van der Waals surface area contributed by atoms with Gasteiger partial charge in [0.2, 0.25) is 0 Å². The smallest absolute Gasteiger partial charge is 0.234 e. The topological polar surface area (TPSA) is 47.0 Å². The van der Waals surface area contributed by atoms with Crippen molar-refractivity contribution in [2.24, 2.45) is 0 Å². The Morgan fingerprint density at radius 3 is 2.47 bits per heavy atom. The SMILES string of the molecule is O=S(=O)(Cl)c1cc(CBr)cc(C(F)F)n1. The third kappa shape index (κ3) is 3.35. The predicted octanol–water partition coefficient (Wildman–Crippen LogP) is 2.84. The number of rotatable bonds is 3. The van der Waals surface area contributed by atoms with Crippen LogP contribution in [0.2, 0.25) is 0 Å². The monoisotopic (exact) mass is 319 g/mol. The highest BCUT2D eigenvalue weighted by Gasteiger charge is 2.18. The van der Waals surface area contributed by atoms with Crippen LogP contribution in [0.3, 0.4) is 0 Å². The Morgan fingerprint density at radius 1 is 1.47 bits per heavy atom. The Kier molecular flexibility index (Phi) is 4.02. The normalized spacial score (nSPS) is 12.1. The molecule has 3 nitrogen and oxygen atoms in total. The van der Waals surface area contributed by atoms with Gasteiger partial charge in [-0.2, -0.15) is 0 Å². The summed E-state index contributed by atoms with van der Waals surface area (Å²) < 4.78 is 46.5. The molecule has 84 valence electrons. The minimum absolute atomic E-state index is 0.245. The van der Waals surface area contributed by atoms with E-state index in [2.05, 4.69) is 20.9 Å². The number of hydrogen-bond acceptors (Lipinski definition) is 3. The van der Waals surface area contributed by atoms with Gasteiger partial charge in [0.1, 0.15) is 5.69 Å². The molecule has 0 unspecified atom stereocenters. The Hall–Kier alpha value is -0.270. The number of pyridine rings is 1. The minimum atomic E-state index is -4.08. The van der Waals surface area contributed by atoms with Crippen molar-refractivity contribution in [1.82, 2.24) is 4.98 Å². The lowest BCUT2D eigenvalue weighted by atomic mass is 10.2. The summed E-state index contributed by atoms with van der Waals surface area (Å²) in [6, 6.07) is 2.26. The van der Waals surface area contributed by atoms with Crippen LogP contribution < -0.4 is 0 Å². The van der Waals surface area contributed by atoms with Gasteiger partial charge in [-0.15, -0.1) is 0 Å². The molecule has 0 fully saturated rings. The predicted molar refractivity (Wildman–Crippen MR) is 54.9 cm³/mol. The number of halogens is 4. The molecule has 0 saturated heterocycles. The first-order valence-corrected chi connectivity index (χ1v) is 7.07. The first-order chi connectivity index (χ1) is 6.84. The molecule has 0 aliphatic heterocycles. The third-order valence-electron chi connectivity index (χ3n) is 1.51. The maximum Gasteiger partial charge on any atom is 0.280 e. The maximum atomic E-state index is 12.3. The number of alkyl halides is 3. The summed E-state index contributed by atoms with van der Waals surface area (Å²) in [4.78, 5) is 3.26. The van der Waals surface area contributed by atoms with E-state index in [9.17, 15) is 17.2 Å². The van der Waals surface area contributed by atoms with Crippen molar-refractivity contribution < 1.29 is 17.2 Å². The Labute approximate surface area is 98.0 Å². The molecule has 1 heterocycles. The molecule has 8 heteroatoms. The molecule has 0 aliphatic rings. The molecular weight excluding hydrogens is 316 g/mol. The van der Waals surface area contributed by atoms with Gasteiger partial charge in [-0.3, -0.25) is 0 Å². The summed E-state index contributed by atoms with van der Waals surface area (Å²) in [6.07, 6.45) is -2.83. The van der Waals surface area contributed by atoms with Crippen molar-refractivity contribution in [2.45, 2.75) is 16.8 Å². The lowest BCUT2D eigenvalue weighted by Crippen LogP contribution is -2.01. The van der Waals surface area contributed by atoms with Gasteiger partial charge in [-0.25, -0.2) is 22.2 Å². The van der Waals surface area contributed by atoms with Crippen LogP contribution in [0.15, 0.2) is 17.2 Å². The molecule has 0 aromatic carbocycles. The van der Waals surface area contributed by atoms with Gasteiger partial charge in [0.25, 0.3) is 15.5 Å². The number of aromatic nitrogens is 1. The van der Waals surface area contributed by atoms with Gasteiger partial charge in [0.15, 0.2) is 5.03 Å². The zero-order chi connectivity index (χ0) is 11.6. The molecule has 1 aromatic rings. The lowest BCUT2D eigenvalue weighted by Gasteiger charge is -2.04. The average molecular weight is 321 g/mol. The minimum Gasteiger partial charge on any atom is -0.234 e. The highest BCUT2D eigenvalue weighted by Crippen LogP contribution is 2.23. The quantitative estimate of drug-likeness (QED) is 0.635. The van der Waals surface area contributed by atoms with Crippen molar-refractivity contribution in [3.8, 4) is 0 Å². The summed E-state index contributed by atoms with van der Waals surface area (Å²) in [5, 5.41) is -0.314. The Bertz CT molecular complexity index is 466. The van der Waals surface area contributed by atoms with E-state index in [1.807, 2.05) is 0 Å². The standard InChI is InChI=1S/C7H5BrClF2NO2S/c8-3-4-1-5(7(10)11)12-6(2-4)15(9,13)14/h1-2,7H,3H2. The van der Waals surface area contributed by atoms with Crippen LogP contribution in [-0.2, 0) is 14.4 Å². The zero-order valence-corrected chi connectivity index (χ0v) is 10.3. The van der Waals surface area contributed by atoms with Crippen molar-refractivity contribution >= 4 is 35.7 Å². The second-order valence-corrected chi connectivity index (χ2v) is 5.68. The molecule has 1 rings (SSSR count). The van der Waals surface area contributed by atoms with E-state index in [1.54, 1.807) is 0 Å². The summed E-state index contributed by atoms with van der Waals surface area (Å²) in [7, 11) is 0.929. The first-order valence-electron chi connectivity index (χ1n) is 3.64. The van der Waals surface area contributed by atoms with Gasteiger partial charge in [-0.1, -0.05) is 15.9 Å². The molecule has 0 aliphatic carbocycles. The van der Waals surface area contributed by atoms with Gasteiger partial charge >= 0.3 is 0 Å². The summed E-state index contributed by atoms with van der Waals surface area (Å²) in [5.74, 6) is 0. The molecule has 1 aromatic heterocycles. The van der Waals surface area contributed by atoms with E-state index in [0.717, 1.165) is 12.1 Å². The highest BCUT2D eigenvalue weighted by atomic mass is 79.9. The summed E-state index contributed by atoms with van der Waals surface area (Å²) >= 11 is 3.03. The molecule has 15 heavy (non-hydrogen) atoms. The van der Waals surface area contributed by atoms with E-state index in [0.29, 0.717) is 5.56 Å². The largest absolute Gasteiger partial charge is 0.280 e. The van der Waals surface area contributed by atoms with Gasteiger partial charge in [-0.05, 0) is 17.7 Å². The molecule has 0 bridgehead atoms. The van der Waals surface area contributed by atoms with E-state index in [1.165, 1.54) is 0 Å². The molecule has 0 saturated carbocycles. The van der Waals surface area contributed by atoms with Crippen LogP contribution in [0.4, 0.5) is 8.78 Å². The second-order valence-electron chi connectivity index (χ2n) is 2.61. The molecule has 0 spiro atoms. The van der Waals surface area contributed by atoms with Crippen LogP contribution in [0.25, 0.3) is 0 Å². The van der Waals surface area contributed by atoms with E-state index >= 15 is 0 Å². The van der Waals surface area contributed by atoms with Crippen molar-refractivity contribution in [2.75, 3.05) is 0 Å². The maximum absolute atomic E-state index is 12.3. The zero-order valence-electron chi connectivity index (χ0n) is 7.12. The molecule has 0 atom stereocenters.